The number of likely N-dealkylation sites (tertiary alicyclic amines) is 1. The van der Waals surface area contributed by atoms with Crippen LogP contribution in [0.15, 0.2) is 31.2 Å². The van der Waals surface area contributed by atoms with Gasteiger partial charge in [0.15, 0.2) is 0 Å². The number of fused-ring (bicyclic) bond motifs is 2. The highest BCUT2D eigenvalue weighted by molar-refractivity contribution is 5.87. The second kappa shape index (κ2) is 4.59. The number of nitrogens with zero attached hydrogens (tertiary/aromatic N) is 4. The molecule has 4 heterocycles. The summed E-state index contributed by atoms with van der Waals surface area (Å²) in [6, 6.07) is 2.67. The van der Waals surface area contributed by atoms with Crippen molar-refractivity contribution in [2.75, 3.05) is 31.1 Å². The number of hydrogen-bond donors (Lipinski definition) is 1. The van der Waals surface area contributed by atoms with Gasteiger partial charge >= 0.3 is 0 Å². The van der Waals surface area contributed by atoms with Gasteiger partial charge in [-0.2, -0.15) is 0 Å². The summed E-state index contributed by atoms with van der Waals surface area (Å²) in [5.41, 5.74) is 0.928. The molecule has 2 fully saturated rings. The van der Waals surface area contributed by atoms with Crippen LogP contribution in [0, 0.1) is 5.92 Å². The Morgan fingerprint density at radius 3 is 3.25 bits per heavy atom. The lowest BCUT2D eigenvalue weighted by molar-refractivity contribution is 0.123. The zero-order valence-corrected chi connectivity index (χ0v) is 11.5. The fourth-order valence-electron chi connectivity index (χ4n) is 3.54. The summed E-state index contributed by atoms with van der Waals surface area (Å²) in [6.07, 6.45) is 6.88. The lowest BCUT2D eigenvalue weighted by atomic mass is 9.82. The minimum atomic E-state index is 0.594. The Hall–Kier alpha value is -1.88. The standard InChI is InChI=1S/C15H19N5/c1-2-6-19-7-4-11-8-20(13(11)9-19)15-12-3-5-16-14(12)17-10-18-15/h2-3,5,10-11,13H,1,4,6-9H2,(H,16,17,18). The van der Waals surface area contributed by atoms with Gasteiger partial charge in [-0.1, -0.05) is 6.08 Å². The van der Waals surface area contributed by atoms with Crippen LogP contribution in [0.4, 0.5) is 5.82 Å². The van der Waals surface area contributed by atoms with E-state index in [1.165, 1.54) is 13.0 Å². The molecule has 2 aromatic heterocycles. The van der Waals surface area contributed by atoms with E-state index in [1.54, 1.807) is 6.33 Å². The maximum absolute atomic E-state index is 4.52. The van der Waals surface area contributed by atoms with Gasteiger partial charge in [0.05, 0.1) is 5.39 Å². The van der Waals surface area contributed by atoms with Crippen molar-refractivity contribution in [3.63, 3.8) is 0 Å². The van der Waals surface area contributed by atoms with Gasteiger partial charge in [-0.15, -0.1) is 6.58 Å². The summed E-state index contributed by atoms with van der Waals surface area (Å²) >= 11 is 0. The van der Waals surface area contributed by atoms with Crippen molar-refractivity contribution in [2.45, 2.75) is 12.5 Å². The Balaban J connectivity index is 1.61. The number of rotatable bonds is 3. The lowest BCUT2D eigenvalue weighted by Crippen LogP contribution is -2.64. The molecule has 0 saturated carbocycles. The molecule has 4 rings (SSSR count). The van der Waals surface area contributed by atoms with Crippen LogP contribution in [0.25, 0.3) is 11.0 Å². The quantitative estimate of drug-likeness (QED) is 0.861. The SMILES string of the molecule is C=CCN1CCC2CN(c3ncnc4[nH]ccc34)C2C1. The summed E-state index contributed by atoms with van der Waals surface area (Å²) in [4.78, 5) is 16.9. The molecule has 5 nitrogen and oxygen atoms in total. The molecule has 0 amide bonds. The van der Waals surface area contributed by atoms with Gasteiger partial charge in [-0.25, -0.2) is 9.97 Å². The minimum absolute atomic E-state index is 0.594. The maximum Gasteiger partial charge on any atom is 0.142 e. The molecule has 0 spiro atoms. The van der Waals surface area contributed by atoms with Gasteiger partial charge in [0.2, 0.25) is 0 Å². The van der Waals surface area contributed by atoms with E-state index in [-0.39, 0.29) is 0 Å². The normalized spacial score (nSPS) is 26.3. The first kappa shape index (κ1) is 11.9. The predicted molar refractivity (Wildman–Crippen MR) is 79.8 cm³/mol. The third kappa shape index (κ3) is 1.73. The van der Waals surface area contributed by atoms with Gasteiger partial charge in [0, 0.05) is 31.9 Å². The molecular formula is C15H19N5. The molecular weight excluding hydrogens is 250 g/mol. The minimum Gasteiger partial charge on any atom is -0.351 e. The Morgan fingerprint density at radius 2 is 2.35 bits per heavy atom. The molecule has 2 atom stereocenters. The second-order valence-electron chi connectivity index (χ2n) is 5.75. The van der Waals surface area contributed by atoms with E-state index in [0.29, 0.717) is 6.04 Å². The van der Waals surface area contributed by atoms with Crippen molar-refractivity contribution in [2.24, 2.45) is 5.92 Å². The molecule has 0 bridgehead atoms. The molecule has 104 valence electrons. The Morgan fingerprint density at radius 1 is 1.40 bits per heavy atom. The summed E-state index contributed by atoms with van der Waals surface area (Å²) < 4.78 is 0. The van der Waals surface area contributed by atoms with Gasteiger partial charge < -0.3 is 9.88 Å². The molecule has 0 radical (unpaired) electrons. The topological polar surface area (TPSA) is 48.1 Å². The van der Waals surface area contributed by atoms with Crippen LogP contribution in [0.1, 0.15) is 6.42 Å². The van der Waals surface area contributed by atoms with Crippen LogP contribution >= 0.6 is 0 Å². The zero-order chi connectivity index (χ0) is 13.5. The Labute approximate surface area is 118 Å². The van der Waals surface area contributed by atoms with E-state index in [4.69, 9.17) is 0 Å². The molecule has 2 aliphatic heterocycles. The lowest BCUT2D eigenvalue weighted by Gasteiger charge is -2.54. The molecule has 20 heavy (non-hydrogen) atoms. The molecule has 0 aromatic carbocycles. The van der Waals surface area contributed by atoms with E-state index in [1.807, 2.05) is 12.3 Å². The van der Waals surface area contributed by atoms with Crippen molar-refractivity contribution >= 4 is 16.9 Å². The van der Waals surface area contributed by atoms with Crippen molar-refractivity contribution < 1.29 is 0 Å². The molecule has 2 unspecified atom stereocenters. The number of aromatic amines is 1. The van der Waals surface area contributed by atoms with Crippen molar-refractivity contribution in [1.82, 2.24) is 19.9 Å². The summed E-state index contributed by atoms with van der Waals surface area (Å²) in [7, 11) is 0. The second-order valence-corrected chi connectivity index (χ2v) is 5.75. The average Bonchev–Trinajstić information content (AvgIpc) is 2.91. The summed E-state index contributed by atoms with van der Waals surface area (Å²) in [6.45, 7) is 8.28. The third-order valence-corrected chi connectivity index (χ3v) is 4.63. The number of hydrogen-bond acceptors (Lipinski definition) is 4. The van der Waals surface area contributed by atoms with Gasteiger partial charge in [-0.3, -0.25) is 4.90 Å². The number of aromatic nitrogens is 3. The van der Waals surface area contributed by atoms with Crippen LogP contribution in [-0.2, 0) is 0 Å². The van der Waals surface area contributed by atoms with Gasteiger partial charge in [-0.05, 0) is 24.9 Å². The largest absolute Gasteiger partial charge is 0.351 e. The third-order valence-electron chi connectivity index (χ3n) is 4.63. The first-order valence-corrected chi connectivity index (χ1v) is 7.25. The zero-order valence-electron chi connectivity index (χ0n) is 11.5. The molecule has 2 aromatic rings. The fraction of sp³-hybridized carbons (Fsp3) is 0.467. The van der Waals surface area contributed by atoms with Crippen molar-refractivity contribution in [1.29, 1.82) is 0 Å². The number of piperidine rings is 1. The van der Waals surface area contributed by atoms with E-state index in [9.17, 15) is 0 Å². The number of nitrogens with one attached hydrogen (secondary N) is 1. The molecule has 5 heteroatoms. The van der Waals surface area contributed by atoms with E-state index in [0.717, 1.165) is 42.4 Å². The number of H-pyrrole nitrogens is 1. The first-order valence-electron chi connectivity index (χ1n) is 7.25. The molecule has 2 saturated heterocycles. The van der Waals surface area contributed by atoms with Crippen LogP contribution in [0.3, 0.4) is 0 Å². The van der Waals surface area contributed by atoms with Crippen molar-refractivity contribution in [3.05, 3.63) is 31.2 Å². The van der Waals surface area contributed by atoms with Crippen LogP contribution < -0.4 is 4.90 Å². The van der Waals surface area contributed by atoms with Crippen LogP contribution in [0.5, 0.6) is 0 Å². The van der Waals surface area contributed by atoms with Gasteiger partial charge in [0.25, 0.3) is 0 Å². The summed E-state index contributed by atoms with van der Waals surface area (Å²) in [5, 5.41) is 1.13. The molecule has 0 aliphatic carbocycles. The average molecular weight is 269 g/mol. The monoisotopic (exact) mass is 269 g/mol. The fourth-order valence-corrected chi connectivity index (χ4v) is 3.54. The molecule has 2 aliphatic rings. The van der Waals surface area contributed by atoms with Crippen LogP contribution in [-0.4, -0.2) is 52.1 Å². The smallest absolute Gasteiger partial charge is 0.142 e. The maximum atomic E-state index is 4.52. The highest BCUT2D eigenvalue weighted by Crippen LogP contribution is 2.37. The number of anilines is 1. The van der Waals surface area contributed by atoms with Crippen molar-refractivity contribution in [3.8, 4) is 0 Å². The van der Waals surface area contributed by atoms with E-state index >= 15 is 0 Å². The van der Waals surface area contributed by atoms with Gasteiger partial charge in [0.1, 0.15) is 17.8 Å². The van der Waals surface area contributed by atoms with E-state index in [2.05, 4.69) is 37.4 Å². The highest BCUT2D eigenvalue weighted by Gasteiger charge is 2.43. The first-order chi connectivity index (χ1) is 9.86. The van der Waals surface area contributed by atoms with Crippen LogP contribution in [0.2, 0.25) is 0 Å². The highest BCUT2D eigenvalue weighted by atomic mass is 15.3. The summed E-state index contributed by atoms with van der Waals surface area (Å²) in [5.74, 6) is 1.90. The Bertz CT molecular complexity index is 634. The molecule has 1 N–H and O–H groups in total. The Kier molecular flexibility index (Phi) is 2.73. The van der Waals surface area contributed by atoms with E-state index < -0.39 is 0 Å². The predicted octanol–water partition coefficient (Wildman–Crippen LogP) is 1.65.